The lowest BCUT2D eigenvalue weighted by Gasteiger charge is -2.20. The van der Waals surface area contributed by atoms with E-state index in [-0.39, 0.29) is 5.91 Å². The molecular formula is C11H22N2O. The average molecular weight is 198 g/mol. The zero-order valence-electron chi connectivity index (χ0n) is 9.55. The van der Waals surface area contributed by atoms with Crippen LogP contribution in [0.1, 0.15) is 20.3 Å². The maximum atomic E-state index is 11.5. The Kier molecular flexibility index (Phi) is 7.11. The van der Waals surface area contributed by atoms with Gasteiger partial charge < -0.3 is 10.2 Å². The van der Waals surface area contributed by atoms with E-state index in [1.165, 1.54) is 0 Å². The van der Waals surface area contributed by atoms with Gasteiger partial charge in [0, 0.05) is 20.1 Å². The first-order valence-electron chi connectivity index (χ1n) is 5.17. The molecule has 0 rings (SSSR count). The van der Waals surface area contributed by atoms with Gasteiger partial charge in [-0.2, -0.15) is 0 Å². The summed E-state index contributed by atoms with van der Waals surface area (Å²) in [6.45, 7) is 9.79. The van der Waals surface area contributed by atoms with E-state index >= 15 is 0 Å². The summed E-state index contributed by atoms with van der Waals surface area (Å²) in [7, 11) is 1.85. The quantitative estimate of drug-likeness (QED) is 0.493. The molecule has 82 valence electrons. The first-order valence-corrected chi connectivity index (χ1v) is 5.17. The third kappa shape index (κ3) is 5.75. The Labute approximate surface area is 87.2 Å². The highest BCUT2D eigenvalue weighted by molar-refractivity contribution is 5.77. The van der Waals surface area contributed by atoms with Crippen LogP contribution < -0.4 is 5.32 Å². The minimum Gasteiger partial charge on any atom is -0.344 e. The van der Waals surface area contributed by atoms with Crippen molar-refractivity contribution < 1.29 is 4.79 Å². The molecule has 0 aromatic rings. The predicted molar refractivity (Wildman–Crippen MR) is 60.2 cm³/mol. The first kappa shape index (κ1) is 13.2. The minimum atomic E-state index is 0.146. The molecule has 0 saturated heterocycles. The number of nitrogens with zero attached hydrogens (tertiary/aromatic N) is 1. The molecule has 1 atom stereocenters. The number of amides is 1. The van der Waals surface area contributed by atoms with Crippen molar-refractivity contribution >= 4 is 5.91 Å². The minimum absolute atomic E-state index is 0.146. The predicted octanol–water partition coefficient (Wildman–Crippen LogP) is 1.27. The summed E-state index contributed by atoms with van der Waals surface area (Å²) in [5, 5.41) is 3.00. The molecule has 0 spiro atoms. The molecule has 0 aromatic carbocycles. The number of hydrogen-bond donors (Lipinski definition) is 1. The smallest absolute Gasteiger partial charge is 0.236 e. The summed E-state index contributed by atoms with van der Waals surface area (Å²) in [5.74, 6) is 0.718. The van der Waals surface area contributed by atoms with Crippen molar-refractivity contribution in [2.24, 2.45) is 5.92 Å². The number of carbonyl (C=O) groups excluding carboxylic acids is 1. The molecule has 0 heterocycles. The van der Waals surface area contributed by atoms with Crippen molar-refractivity contribution in [1.82, 2.24) is 10.2 Å². The molecule has 0 aliphatic rings. The van der Waals surface area contributed by atoms with Crippen LogP contribution in [0.3, 0.4) is 0 Å². The van der Waals surface area contributed by atoms with Crippen LogP contribution in [0.15, 0.2) is 12.7 Å². The molecule has 1 unspecified atom stereocenters. The second-order valence-corrected chi connectivity index (χ2v) is 3.71. The molecule has 0 radical (unpaired) electrons. The normalized spacial score (nSPS) is 12.2. The van der Waals surface area contributed by atoms with Crippen molar-refractivity contribution in [3.8, 4) is 0 Å². The monoisotopic (exact) mass is 198 g/mol. The molecule has 0 bridgehead atoms. The van der Waals surface area contributed by atoms with Gasteiger partial charge in [-0.15, -0.1) is 6.58 Å². The van der Waals surface area contributed by atoms with E-state index in [4.69, 9.17) is 0 Å². The fourth-order valence-corrected chi connectivity index (χ4v) is 1.11. The van der Waals surface area contributed by atoms with Crippen molar-refractivity contribution in [2.75, 3.05) is 26.7 Å². The van der Waals surface area contributed by atoms with E-state index in [0.717, 1.165) is 13.0 Å². The van der Waals surface area contributed by atoms with Crippen LogP contribution in [0.25, 0.3) is 0 Å². The Bertz CT molecular complexity index is 180. The van der Waals surface area contributed by atoms with Gasteiger partial charge in [-0.25, -0.2) is 0 Å². The molecule has 0 aliphatic carbocycles. The van der Waals surface area contributed by atoms with Gasteiger partial charge in [0.1, 0.15) is 0 Å². The largest absolute Gasteiger partial charge is 0.344 e. The van der Waals surface area contributed by atoms with Crippen LogP contribution in [0.5, 0.6) is 0 Å². The number of carbonyl (C=O) groups is 1. The Morgan fingerprint density at radius 1 is 1.64 bits per heavy atom. The van der Waals surface area contributed by atoms with E-state index in [0.29, 0.717) is 19.0 Å². The molecule has 1 amide bonds. The molecule has 3 nitrogen and oxygen atoms in total. The van der Waals surface area contributed by atoms with E-state index in [9.17, 15) is 4.79 Å². The molecule has 0 saturated carbocycles. The molecule has 0 aliphatic heterocycles. The Hall–Kier alpha value is -0.830. The van der Waals surface area contributed by atoms with Crippen LogP contribution in [-0.2, 0) is 4.79 Å². The van der Waals surface area contributed by atoms with E-state index in [1.807, 2.05) is 7.05 Å². The third-order valence-electron chi connectivity index (χ3n) is 2.27. The van der Waals surface area contributed by atoms with Crippen LogP contribution in [-0.4, -0.2) is 37.5 Å². The second-order valence-electron chi connectivity index (χ2n) is 3.71. The van der Waals surface area contributed by atoms with Gasteiger partial charge >= 0.3 is 0 Å². The highest BCUT2D eigenvalue weighted by atomic mass is 16.2. The summed E-state index contributed by atoms with van der Waals surface area (Å²) < 4.78 is 0. The summed E-state index contributed by atoms with van der Waals surface area (Å²) in [6.07, 6.45) is 2.86. The lowest BCUT2D eigenvalue weighted by Crippen LogP contribution is -2.37. The van der Waals surface area contributed by atoms with E-state index < -0.39 is 0 Å². The highest BCUT2D eigenvalue weighted by Crippen LogP contribution is 2.02. The average Bonchev–Trinajstić information content (AvgIpc) is 2.17. The van der Waals surface area contributed by atoms with Crippen LogP contribution in [0, 0.1) is 5.92 Å². The third-order valence-corrected chi connectivity index (χ3v) is 2.27. The second kappa shape index (κ2) is 7.56. The maximum absolute atomic E-state index is 11.5. The van der Waals surface area contributed by atoms with Gasteiger partial charge in [-0.3, -0.25) is 4.79 Å². The zero-order valence-corrected chi connectivity index (χ0v) is 9.55. The van der Waals surface area contributed by atoms with E-state index in [2.05, 4.69) is 25.7 Å². The van der Waals surface area contributed by atoms with Crippen LogP contribution in [0.4, 0.5) is 0 Å². The fourth-order valence-electron chi connectivity index (χ4n) is 1.11. The Morgan fingerprint density at radius 3 is 2.79 bits per heavy atom. The van der Waals surface area contributed by atoms with Crippen molar-refractivity contribution in [3.63, 3.8) is 0 Å². The standard InChI is InChI=1S/C11H22N2O/c1-5-7-12-8-11(14)13(4)9-10(3)6-2/h5,10,12H,1,6-9H2,2-4H3. The number of rotatable bonds is 7. The number of likely N-dealkylation sites (N-methyl/N-ethyl adjacent to an activating group) is 1. The highest BCUT2D eigenvalue weighted by Gasteiger charge is 2.10. The molecule has 0 aromatic heterocycles. The maximum Gasteiger partial charge on any atom is 0.236 e. The zero-order chi connectivity index (χ0) is 11.0. The lowest BCUT2D eigenvalue weighted by atomic mass is 10.1. The molecule has 0 fully saturated rings. The summed E-state index contributed by atoms with van der Waals surface area (Å²) in [5.41, 5.74) is 0. The van der Waals surface area contributed by atoms with Gasteiger partial charge in [0.15, 0.2) is 0 Å². The lowest BCUT2D eigenvalue weighted by molar-refractivity contribution is -0.129. The summed E-state index contributed by atoms with van der Waals surface area (Å²) >= 11 is 0. The number of hydrogen-bond acceptors (Lipinski definition) is 2. The molecule has 14 heavy (non-hydrogen) atoms. The SMILES string of the molecule is C=CCNCC(=O)N(C)CC(C)CC. The number of nitrogens with one attached hydrogen (secondary N) is 1. The topological polar surface area (TPSA) is 32.3 Å². The van der Waals surface area contributed by atoms with Crippen LogP contribution >= 0.6 is 0 Å². The van der Waals surface area contributed by atoms with Gasteiger partial charge in [-0.05, 0) is 5.92 Å². The van der Waals surface area contributed by atoms with Gasteiger partial charge in [0.2, 0.25) is 5.91 Å². The molecular weight excluding hydrogens is 176 g/mol. The Morgan fingerprint density at radius 2 is 2.29 bits per heavy atom. The fraction of sp³-hybridized carbons (Fsp3) is 0.727. The van der Waals surface area contributed by atoms with Gasteiger partial charge in [0.05, 0.1) is 6.54 Å². The Balaban J connectivity index is 3.69. The molecule has 3 heteroatoms. The van der Waals surface area contributed by atoms with Crippen molar-refractivity contribution in [2.45, 2.75) is 20.3 Å². The van der Waals surface area contributed by atoms with Gasteiger partial charge in [-0.1, -0.05) is 26.3 Å². The van der Waals surface area contributed by atoms with Crippen LogP contribution in [0.2, 0.25) is 0 Å². The van der Waals surface area contributed by atoms with Gasteiger partial charge in [0.25, 0.3) is 0 Å². The van der Waals surface area contributed by atoms with Crippen molar-refractivity contribution in [3.05, 3.63) is 12.7 Å². The molecule has 1 N–H and O–H groups in total. The summed E-state index contributed by atoms with van der Waals surface area (Å²) in [6, 6.07) is 0. The summed E-state index contributed by atoms with van der Waals surface area (Å²) in [4.78, 5) is 13.3. The first-order chi connectivity index (χ1) is 6.61. The van der Waals surface area contributed by atoms with E-state index in [1.54, 1.807) is 11.0 Å². The van der Waals surface area contributed by atoms with Crippen molar-refractivity contribution in [1.29, 1.82) is 0 Å².